The van der Waals surface area contributed by atoms with Crippen LogP contribution in [0.25, 0.3) is 11.0 Å². The predicted molar refractivity (Wildman–Crippen MR) is 218 cm³/mol. The van der Waals surface area contributed by atoms with Gasteiger partial charge in [-0.3, -0.25) is 0 Å². The Morgan fingerprint density at radius 3 is 2.54 bits per heavy atom. The van der Waals surface area contributed by atoms with Crippen molar-refractivity contribution < 1.29 is 68.9 Å². The maximum Gasteiger partial charge on any atom is 1.00 e. The first-order chi connectivity index (χ1) is 24.9. The minimum absolute atomic E-state index is 0. The Bertz CT molecular complexity index is 1590. The van der Waals surface area contributed by atoms with E-state index in [0.29, 0.717) is 0 Å². The van der Waals surface area contributed by atoms with Crippen molar-refractivity contribution in [1.29, 1.82) is 0 Å². The second-order valence-electron chi connectivity index (χ2n) is 14.7. The summed E-state index contributed by atoms with van der Waals surface area (Å²) in [5.74, 6) is 6.93. The maximum atomic E-state index is 4.74. The van der Waals surface area contributed by atoms with Crippen LogP contribution in [0.4, 0.5) is 0 Å². The second kappa shape index (κ2) is 22.3. The van der Waals surface area contributed by atoms with Gasteiger partial charge in [0.1, 0.15) is 0 Å². The average Bonchev–Trinajstić information content (AvgIpc) is 3.92. The van der Waals surface area contributed by atoms with Crippen LogP contribution in [-0.2, 0) is 13.0 Å². The van der Waals surface area contributed by atoms with Crippen molar-refractivity contribution in [1.82, 2.24) is 20.0 Å². The third kappa shape index (κ3) is 12.2. The minimum atomic E-state index is 0. The zero-order chi connectivity index (χ0) is 36.0. The van der Waals surface area contributed by atoms with Crippen molar-refractivity contribution in [2.45, 2.75) is 115 Å². The van der Waals surface area contributed by atoms with Crippen LogP contribution in [-0.4, -0.2) is 47.0 Å². The number of fused-ring (bicyclic) bond motifs is 1. The summed E-state index contributed by atoms with van der Waals surface area (Å²) in [5.41, 5.74) is 10.9. The predicted octanol–water partition coefficient (Wildman–Crippen LogP) is 7.81. The summed E-state index contributed by atoms with van der Waals surface area (Å²) in [6, 6.07) is 15.9. The summed E-state index contributed by atoms with van der Waals surface area (Å²) in [4.78, 5) is 7.00. The van der Waals surface area contributed by atoms with Crippen LogP contribution in [0, 0.1) is 11.8 Å². The monoisotopic (exact) mass is 817 g/mol. The van der Waals surface area contributed by atoms with Gasteiger partial charge in [-0.15, -0.1) is 0 Å². The largest absolute Gasteiger partial charge is 1.00 e. The Morgan fingerprint density at radius 1 is 1.00 bits per heavy atom. The molecule has 0 radical (unpaired) electrons. The molecular weight excluding hydrogens is 755 g/mol. The van der Waals surface area contributed by atoms with Crippen LogP contribution in [0.3, 0.4) is 0 Å². The van der Waals surface area contributed by atoms with Gasteiger partial charge in [0.15, 0.2) is 0 Å². The van der Waals surface area contributed by atoms with E-state index in [0.717, 1.165) is 74.5 Å². The molecule has 0 aliphatic carbocycles. The molecule has 6 heteroatoms. The van der Waals surface area contributed by atoms with Crippen LogP contribution >= 0.6 is 0 Å². The molecular formula is C46H62CsN5. The molecule has 2 aromatic carbocycles. The van der Waals surface area contributed by atoms with Crippen LogP contribution < -0.4 is 74.2 Å². The second-order valence-corrected chi connectivity index (χ2v) is 14.7. The Hall–Kier alpha value is -2.09. The molecule has 3 saturated heterocycles. The number of nitrogens with one attached hydrogen (secondary N) is 1. The van der Waals surface area contributed by atoms with Gasteiger partial charge in [-0.25, -0.2) is 0 Å². The fourth-order valence-electron chi connectivity index (χ4n) is 7.73. The number of piperidine rings is 1. The molecule has 4 aliphatic rings. The van der Waals surface area contributed by atoms with E-state index in [1.807, 2.05) is 6.20 Å². The van der Waals surface area contributed by atoms with E-state index >= 15 is 0 Å². The van der Waals surface area contributed by atoms with E-state index < -0.39 is 0 Å². The molecule has 3 fully saturated rings. The molecule has 52 heavy (non-hydrogen) atoms. The van der Waals surface area contributed by atoms with Gasteiger partial charge < -0.3 is 25.3 Å². The fourth-order valence-corrected chi connectivity index (χ4v) is 7.73. The van der Waals surface area contributed by atoms with Gasteiger partial charge in [-0.2, -0.15) is 0 Å². The summed E-state index contributed by atoms with van der Waals surface area (Å²) in [7, 11) is 0. The molecule has 4 aliphatic heterocycles. The van der Waals surface area contributed by atoms with Gasteiger partial charge in [-0.05, 0) is 81.2 Å². The average molecular weight is 818 g/mol. The summed E-state index contributed by atoms with van der Waals surface area (Å²) in [5, 5.41) is 8.09. The fraction of sp³-hybridized carbons (Fsp3) is 0.478. The van der Waals surface area contributed by atoms with Crippen LogP contribution in [0.1, 0.15) is 124 Å². The van der Waals surface area contributed by atoms with Gasteiger partial charge in [0.2, 0.25) is 0 Å². The Balaban J connectivity index is 0.000000397. The maximum absolute atomic E-state index is 4.74. The number of likely N-dealkylation sites (tertiary alicyclic amines) is 1. The Kier molecular flexibility index (Phi) is 18.3. The first kappa shape index (κ1) is 42.7. The van der Waals surface area contributed by atoms with E-state index in [-0.39, 0.29) is 81.0 Å². The van der Waals surface area contributed by atoms with E-state index in [2.05, 4.69) is 114 Å². The number of aryl methyl sites for hydroxylation is 1. The molecule has 6 rings (SSSR count). The topological polar surface area (TPSA) is 35.9 Å². The van der Waals surface area contributed by atoms with E-state index in [4.69, 9.17) is 5.32 Å². The van der Waals surface area contributed by atoms with Crippen molar-refractivity contribution in [3.63, 3.8) is 0 Å². The number of benzene rings is 2. The van der Waals surface area contributed by atoms with Crippen molar-refractivity contribution >= 4 is 5.70 Å². The number of allylic oxidation sites excluding steroid dienone is 2. The van der Waals surface area contributed by atoms with Crippen molar-refractivity contribution in [2.24, 2.45) is 0 Å². The van der Waals surface area contributed by atoms with Gasteiger partial charge in [-0.1, -0.05) is 132 Å². The van der Waals surface area contributed by atoms with Gasteiger partial charge in [0, 0.05) is 66.5 Å². The molecule has 0 amide bonds. The SMILES string of the molecule is C=C(CCCCC)N1CCCC1.C=CN1C[N-]C(c2cccc(CCCCCCC#Cc3cccc4c3CN(C3CCC(=C)NC3=C)C4=C)c2)C1.[Cs+]. The molecule has 5 nitrogen and oxygen atoms in total. The first-order valence-electron chi connectivity index (χ1n) is 19.6. The number of rotatable bonds is 14. The summed E-state index contributed by atoms with van der Waals surface area (Å²) < 4.78 is 0. The number of hydrogen-bond acceptors (Lipinski definition) is 4. The number of unbranched alkanes of at least 4 members (excludes halogenated alkanes) is 6. The Morgan fingerprint density at radius 2 is 1.79 bits per heavy atom. The van der Waals surface area contributed by atoms with Crippen LogP contribution in [0.5, 0.6) is 0 Å². The third-order valence-corrected chi connectivity index (χ3v) is 10.8. The normalized spacial score (nSPS) is 19.2. The molecule has 0 bridgehead atoms. The first-order valence-corrected chi connectivity index (χ1v) is 19.6. The van der Waals surface area contributed by atoms with E-state index in [1.54, 1.807) is 0 Å². The van der Waals surface area contributed by atoms with Crippen molar-refractivity contribution in [3.8, 4) is 11.8 Å². The standard InChI is InChI=1S/C35H41N4.C11H21N.Cs/c1-5-38-24-34(36-25-38)31-18-12-15-29(22-31)14-10-8-6-7-9-11-16-30-17-13-19-32-28(4)39(23-33(30)32)35-21-20-26(2)37-27(35)3;1-3-4-5-8-11(2)12-9-6-7-10-12;/h5,12-13,15,17-19,22,34-35,37H,1-4,6-10,14,20-21,23-25H2;2-10H2,1H3;/q-1;;+1. The Labute approximate surface area is 375 Å². The molecule has 0 saturated carbocycles. The molecule has 0 aromatic heterocycles. The van der Waals surface area contributed by atoms with E-state index in [9.17, 15) is 0 Å². The summed E-state index contributed by atoms with van der Waals surface area (Å²) in [6.07, 6.45) is 18.7. The molecule has 2 aromatic rings. The van der Waals surface area contributed by atoms with E-state index in [1.165, 1.54) is 98.8 Å². The molecule has 2 unspecified atom stereocenters. The number of hydrogen-bond donors (Lipinski definition) is 1. The minimum Gasteiger partial charge on any atom is -0.637 e. The molecule has 2 atom stereocenters. The summed E-state index contributed by atoms with van der Waals surface area (Å²) >= 11 is 0. The van der Waals surface area contributed by atoms with Gasteiger partial charge in [0.25, 0.3) is 0 Å². The van der Waals surface area contributed by atoms with Crippen LogP contribution in [0.2, 0.25) is 0 Å². The van der Waals surface area contributed by atoms with Gasteiger partial charge >= 0.3 is 68.9 Å². The molecule has 0 spiro atoms. The van der Waals surface area contributed by atoms with Gasteiger partial charge in [0.05, 0.1) is 6.04 Å². The molecule has 272 valence electrons. The zero-order valence-corrected chi connectivity index (χ0v) is 38.8. The zero-order valence-electron chi connectivity index (χ0n) is 32.5. The quantitative estimate of drug-likeness (QED) is 0.156. The smallest absolute Gasteiger partial charge is 0.637 e. The van der Waals surface area contributed by atoms with Crippen LogP contribution in [0.15, 0.2) is 98.7 Å². The molecule has 4 heterocycles. The summed E-state index contributed by atoms with van der Waals surface area (Å²) in [6.45, 7) is 28.0. The van der Waals surface area contributed by atoms with Crippen molar-refractivity contribution in [3.05, 3.63) is 132 Å². The third-order valence-electron chi connectivity index (χ3n) is 10.8. The van der Waals surface area contributed by atoms with Crippen molar-refractivity contribution in [2.75, 3.05) is 26.3 Å². The molecule has 1 N–H and O–H groups in total. The number of nitrogens with zero attached hydrogens (tertiary/aromatic N) is 4.